The highest BCUT2D eigenvalue weighted by molar-refractivity contribution is 6.89. The Balaban J connectivity index is 2.27. The van der Waals surface area contributed by atoms with Crippen LogP contribution in [-0.2, 0) is 15.6 Å². The minimum absolute atomic E-state index is 0.172. The van der Waals surface area contributed by atoms with E-state index in [1.54, 1.807) is 7.11 Å². The molecule has 166 valence electrons. The summed E-state index contributed by atoms with van der Waals surface area (Å²) in [7, 11) is -0.216. The Morgan fingerprint density at radius 2 is 1.30 bits per heavy atom. The Morgan fingerprint density at radius 3 is 1.73 bits per heavy atom. The van der Waals surface area contributed by atoms with Gasteiger partial charge in [-0.3, -0.25) is 0 Å². The van der Waals surface area contributed by atoms with E-state index in [-0.39, 0.29) is 17.6 Å². The lowest BCUT2D eigenvalue weighted by molar-refractivity contribution is 0.0511. The van der Waals surface area contributed by atoms with Crippen LogP contribution in [0.5, 0.6) is 17.2 Å². The van der Waals surface area contributed by atoms with Crippen molar-refractivity contribution in [3.05, 3.63) is 47.5 Å². The molecule has 0 unspecified atom stereocenters. The Hall–Kier alpha value is -1.98. The van der Waals surface area contributed by atoms with Gasteiger partial charge in [0.15, 0.2) is 6.79 Å². The summed E-state index contributed by atoms with van der Waals surface area (Å²) in [6.07, 6.45) is 0.656. The fraction of sp³-hybridized carbons (Fsp3) is 0.520. The SMILES string of the molecule is COCOc1ccc([Si](C)(C)COc2cc(C(C)(C)C)c(O)c(C(C)(C)C)c2)cc1. The van der Waals surface area contributed by atoms with E-state index in [0.717, 1.165) is 22.6 Å². The molecular formula is C25H38O4Si. The summed E-state index contributed by atoms with van der Waals surface area (Å²) in [5, 5.41) is 12.2. The number of phenolic OH excluding ortho intramolecular Hbond substituents is 1. The summed E-state index contributed by atoms with van der Waals surface area (Å²) in [5.74, 6) is 2.00. The van der Waals surface area contributed by atoms with Gasteiger partial charge in [-0.1, -0.05) is 72.0 Å². The van der Waals surface area contributed by atoms with Gasteiger partial charge in [0.2, 0.25) is 0 Å². The third-order valence-corrected chi connectivity index (χ3v) is 8.04. The van der Waals surface area contributed by atoms with Crippen molar-refractivity contribution in [3.8, 4) is 17.2 Å². The van der Waals surface area contributed by atoms with Crippen molar-refractivity contribution in [2.24, 2.45) is 0 Å². The molecule has 0 aliphatic heterocycles. The molecule has 0 amide bonds. The van der Waals surface area contributed by atoms with E-state index in [4.69, 9.17) is 14.2 Å². The second-order valence-corrected chi connectivity index (χ2v) is 15.2. The first-order valence-electron chi connectivity index (χ1n) is 10.5. The van der Waals surface area contributed by atoms with Crippen molar-refractivity contribution in [3.63, 3.8) is 0 Å². The van der Waals surface area contributed by atoms with Gasteiger partial charge in [-0.2, -0.15) is 0 Å². The molecule has 0 bridgehead atoms. The van der Waals surface area contributed by atoms with Crippen molar-refractivity contribution in [2.75, 3.05) is 20.1 Å². The summed E-state index contributed by atoms with van der Waals surface area (Å²) in [6, 6.07) is 12.2. The highest BCUT2D eigenvalue weighted by Crippen LogP contribution is 2.41. The normalized spacial score (nSPS) is 12.7. The molecule has 0 fully saturated rings. The molecule has 30 heavy (non-hydrogen) atoms. The molecular weight excluding hydrogens is 392 g/mol. The minimum Gasteiger partial charge on any atom is -0.507 e. The van der Waals surface area contributed by atoms with Gasteiger partial charge < -0.3 is 19.3 Å². The van der Waals surface area contributed by atoms with Crippen LogP contribution in [0.1, 0.15) is 52.7 Å². The van der Waals surface area contributed by atoms with Gasteiger partial charge in [0.1, 0.15) is 25.3 Å². The third-order valence-electron chi connectivity index (χ3n) is 5.28. The number of ether oxygens (including phenoxy) is 3. The Labute approximate surface area is 183 Å². The molecule has 0 spiro atoms. The zero-order valence-corrected chi connectivity index (χ0v) is 21.1. The predicted octanol–water partition coefficient (Wildman–Crippen LogP) is 5.50. The zero-order valence-electron chi connectivity index (χ0n) is 20.1. The molecule has 0 aromatic heterocycles. The van der Waals surface area contributed by atoms with Crippen molar-refractivity contribution >= 4 is 13.3 Å². The van der Waals surface area contributed by atoms with Crippen LogP contribution < -0.4 is 14.7 Å². The van der Waals surface area contributed by atoms with Gasteiger partial charge >= 0.3 is 0 Å². The van der Waals surface area contributed by atoms with Gasteiger partial charge in [-0.05, 0) is 35.1 Å². The Kier molecular flexibility index (Phi) is 7.31. The largest absolute Gasteiger partial charge is 0.507 e. The number of hydrogen-bond donors (Lipinski definition) is 1. The minimum atomic E-state index is -1.83. The maximum absolute atomic E-state index is 10.9. The van der Waals surface area contributed by atoms with E-state index >= 15 is 0 Å². The van der Waals surface area contributed by atoms with Crippen LogP contribution in [0.2, 0.25) is 13.1 Å². The second kappa shape index (κ2) is 9.02. The molecule has 0 radical (unpaired) electrons. The van der Waals surface area contributed by atoms with E-state index in [2.05, 4.69) is 66.8 Å². The fourth-order valence-corrected chi connectivity index (χ4v) is 5.07. The molecule has 2 rings (SSSR count). The monoisotopic (exact) mass is 430 g/mol. The standard InChI is InChI=1S/C25H38O4Si/c1-24(2,3)21-14-19(15-22(23(21)26)25(4,5)6)29-17-30(8,9)20-12-10-18(11-13-20)28-16-27-7/h10-15,26H,16-17H2,1-9H3. The summed E-state index contributed by atoms with van der Waals surface area (Å²) >= 11 is 0. The molecule has 1 N–H and O–H groups in total. The van der Waals surface area contributed by atoms with E-state index in [0.29, 0.717) is 12.0 Å². The summed E-state index contributed by atoms with van der Waals surface area (Å²) in [4.78, 5) is 0. The molecule has 0 aliphatic carbocycles. The van der Waals surface area contributed by atoms with Crippen LogP contribution in [-0.4, -0.2) is 33.3 Å². The van der Waals surface area contributed by atoms with E-state index < -0.39 is 8.07 Å². The maximum atomic E-state index is 10.9. The van der Waals surface area contributed by atoms with Gasteiger partial charge in [0.25, 0.3) is 0 Å². The third kappa shape index (κ3) is 6.02. The predicted molar refractivity (Wildman–Crippen MR) is 127 cm³/mol. The summed E-state index contributed by atoms with van der Waals surface area (Å²) in [6.45, 7) is 17.5. The molecule has 0 heterocycles. The quantitative estimate of drug-likeness (QED) is 0.465. The average molecular weight is 431 g/mol. The number of aromatic hydroxyl groups is 1. The number of hydrogen-bond acceptors (Lipinski definition) is 4. The van der Waals surface area contributed by atoms with Crippen LogP contribution in [0, 0.1) is 0 Å². The second-order valence-electron chi connectivity index (χ2n) is 10.6. The van der Waals surface area contributed by atoms with Gasteiger partial charge in [-0.15, -0.1) is 0 Å². The zero-order chi connectivity index (χ0) is 22.7. The van der Waals surface area contributed by atoms with Crippen molar-refractivity contribution in [2.45, 2.75) is 65.5 Å². The van der Waals surface area contributed by atoms with Gasteiger partial charge in [-0.25, -0.2) is 0 Å². The van der Waals surface area contributed by atoms with E-state index in [1.165, 1.54) is 5.19 Å². The Bertz CT molecular complexity index is 808. The molecule has 2 aromatic rings. The molecule has 4 nitrogen and oxygen atoms in total. The number of benzene rings is 2. The van der Waals surface area contributed by atoms with Gasteiger partial charge in [0, 0.05) is 18.2 Å². The lowest BCUT2D eigenvalue weighted by Crippen LogP contribution is -2.47. The van der Waals surface area contributed by atoms with Crippen molar-refractivity contribution < 1.29 is 19.3 Å². The Morgan fingerprint density at radius 1 is 0.800 bits per heavy atom. The van der Waals surface area contributed by atoms with Crippen molar-refractivity contribution in [1.29, 1.82) is 0 Å². The van der Waals surface area contributed by atoms with E-state index in [9.17, 15) is 5.11 Å². The molecule has 5 heteroatoms. The highest BCUT2D eigenvalue weighted by atomic mass is 28.3. The highest BCUT2D eigenvalue weighted by Gasteiger charge is 2.29. The summed E-state index contributed by atoms with van der Waals surface area (Å²) < 4.78 is 16.8. The smallest absolute Gasteiger partial charge is 0.188 e. The average Bonchev–Trinajstić information content (AvgIpc) is 2.64. The molecule has 0 aliphatic rings. The lowest BCUT2D eigenvalue weighted by atomic mass is 9.79. The first-order chi connectivity index (χ1) is 13.8. The molecule has 0 saturated carbocycles. The molecule has 0 atom stereocenters. The fourth-order valence-electron chi connectivity index (χ4n) is 3.31. The van der Waals surface area contributed by atoms with Crippen molar-refractivity contribution in [1.82, 2.24) is 0 Å². The molecule has 0 saturated heterocycles. The summed E-state index contributed by atoms with van der Waals surface area (Å²) in [5.41, 5.74) is 1.50. The topological polar surface area (TPSA) is 47.9 Å². The van der Waals surface area contributed by atoms with Crippen LogP contribution in [0.15, 0.2) is 36.4 Å². The lowest BCUT2D eigenvalue weighted by Gasteiger charge is -2.29. The number of rotatable bonds is 7. The first kappa shape index (κ1) is 24.3. The van der Waals surface area contributed by atoms with Crippen LogP contribution in [0.4, 0.5) is 0 Å². The van der Waals surface area contributed by atoms with Crippen LogP contribution in [0.25, 0.3) is 0 Å². The van der Waals surface area contributed by atoms with E-state index in [1.807, 2.05) is 24.3 Å². The number of phenols is 1. The molecule has 2 aromatic carbocycles. The maximum Gasteiger partial charge on any atom is 0.188 e. The van der Waals surface area contributed by atoms with Gasteiger partial charge in [0.05, 0.1) is 6.23 Å². The van der Waals surface area contributed by atoms with Crippen LogP contribution >= 0.6 is 0 Å². The number of methoxy groups -OCH3 is 1. The van der Waals surface area contributed by atoms with Crippen LogP contribution in [0.3, 0.4) is 0 Å². The first-order valence-corrected chi connectivity index (χ1v) is 13.7.